The van der Waals surface area contributed by atoms with E-state index < -0.39 is 6.04 Å². The van der Waals surface area contributed by atoms with Crippen LogP contribution in [0.25, 0.3) is 0 Å². The van der Waals surface area contributed by atoms with Gasteiger partial charge in [-0.25, -0.2) is 0 Å². The van der Waals surface area contributed by atoms with E-state index in [1.54, 1.807) is 17.1 Å². The van der Waals surface area contributed by atoms with Crippen molar-refractivity contribution in [1.29, 1.82) is 0 Å². The van der Waals surface area contributed by atoms with Crippen LogP contribution in [0.1, 0.15) is 59.0 Å². The number of nitrogens with one attached hydrogen (secondary N) is 1. The molecule has 0 spiro atoms. The molecule has 0 radical (unpaired) electrons. The van der Waals surface area contributed by atoms with E-state index in [0.717, 1.165) is 42.5 Å². The minimum atomic E-state index is -0.406. The Bertz CT molecular complexity index is 995. The van der Waals surface area contributed by atoms with Gasteiger partial charge in [0.15, 0.2) is 5.69 Å². The number of ether oxygens (including phenoxy) is 1. The van der Waals surface area contributed by atoms with Gasteiger partial charge < -0.3 is 15.0 Å². The van der Waals surface area contributed by atoms with Gasteiger partial charge in [-0.2, -0.15) is 5.10 Å². The lowest BCUT2D eigenvalue weighted by Gasteiger charge is -2.38. The molecule has 3 aliphatic rings. The van der Waals surface area contributed by atoms with Gasteiger partial charge in [0.1, 0.15) is 6.04 Å². The number of hydrogen-bond acceptors (Lipinski definition) is 6. The molecular formula is C24H32N6O3. The van der Waals surface area contributed by atoms with Gasteiger partial charge in [0.05, 0.1) is 13.2 Å². The monoisotopic (exact) mass is 452 g/mol. The molecule has 9 heteroatoms. The number of aromatic nitrogens is 3. The molecule has 9 nitrogen and oxygen atoms in total. The lowest BCUT2D eigenvalue weighted by Crippen LogP contribution is -2.48. The highest BCUT2D eigenvalue weighted by Crippen LogP contribution is 2.29. The summed E-state index contributed by atoms with van der Waals surface area (Å²) in [4.78, 5) is 35.2. The second kappa shape index (κ2) is 9.61. The summed E-state index contributed by atoms with van der Waals surface area (Å²) in [5.41, 5.74) is 3.27. The SMILES string of the molecule is Cn1nc(C(=O)NC2CCCC2)c2c1CCN(C(=O)C(c1cccnc1)N1CCOCC1)C2. The number of carbonyl (C=O) groups is 2. The van der Waals surface area contributed by atoms with Crippen molar-refractivity contribution in [2.45, 2.75) is 50.7 Å². The van der Waals surface area contributed by atoms with Gasteiger partial charge in [-0.3, -0.25) is 24.2 Å². The quantitative estimate of drug-likeness (QED) is 0.738. The maximum absolute atomic E-state index is 13.9. The fourth-order valence-electron chi connectivity index (χ4n) is 5.34. The summed E-state index contributed by atoms with van der Waals surface area (Å²) < 4.78 is 7.33. The van der Waals surface area contributed by atoms with E-state index in [9.17, 15) is 9.59 Å². The highest BCUT2D eigenvalue weighted by molar-refractivity contribution is 5.94. The molecule has 1 saturated carbocycles. The van der Waals surface area contributed by atoms with Crippen molar-refractivity contribution in [3.8, 4) is 0 Å². The number of hydrogen-bond donors (Lipinski definition) is 1. The predicted octanol–water partition coefficient (Wildman–Crippen LogP) is 1.45. The molecule has 2 amide bonds. The summed E-state index contributed by atoms with van der Waals surface area (Å²) in [6.07, 6.45) is 8.55. The smallest absolute Gasteiger partial charge is 0.272 e. The van der Waals surface area contributed by atoms with Gasteiger partial charge in [-0.1, -0.05) is 18.9 Å². The van der Waals surface area contributed by atoms with Gasteiger partial charge in [-0.05, 0) is 24.5 Å². The molecule has 176 valence electrons. The first-order chi connectivity index (χ1) is 16.1. The van der Waals surface area contributed by atoms with Crippen molar-refractivity contribution in [2.24, 2.45) is 7.05 Å². The number of pyridine rings is 1. The third-order valence-corrected chi connectivity index (χ3v) is 7.10. The Morgan fingerprint density at radius 3 is 2.70 bits per heavy atom. The lowest BCUT2D eigenvalue weighted by atomic mass is 10.0. The van der Waals surface area contributed by atoms with E-state index in [4.69, 9.17) is 4.74 Å². The van der Waals surface area contributed by atoms with Crippen LogP contribution in [-0.4, -0.2) is 75.3 Å². The minimum absolute atomic E-state index is 0.0431. The molecule has 5 rings (SSSR count). The van der Waals surface area contributed by atoms with E-state index >= 15 is 0 Å². The van der Waals surface area contributed by atoms with Crippen LogP contribution in [-0.2, 0) is 29.5 Å². The number of carbonyl (C=O) groups excluding carboxylic acids is 2. The minimum Gasteiger partial charge on any atom is -0.379 e. The van der Waals surface area contributed by atoms with Gasteiger partial charge in [0, 0.05) is 69.3 Å². The van der Waals surface area contributed by atoms with Crippen molar-refractivity contribution in [3.63, 3.8) is 0 Å². The van der Waals surface area contributed by atoms with Crippen molar-refractivity contribution < 1.29 is 14.3 Å². The van der Waals surface area contributed by atoms with E-state index in [1.165, 1.54) is 0 Å². The first-order valence-corrected chi connectivity index (χ1v) is 12.0. The predicted molar refractivity (Wildman–Crippen MR) is 121 cm³/mol. The Kier molecular flexibility index (Phi) is 6.41. The number of morpholine rings is 1. The second-order valence-electron chi connectivity index (χ2n) is 9.20. The van der Waals surface area contributed by atoms with Crippen LogP contribution in [0, 0.1) is 0 Å². The van der Waals surface area contributed by atoms with Gasteiger partial charge in [0.25, 0.3) is 5.91 Å². The van der Waals surface area contributed by atoms with Crippen LogP contribution in [0.2, 0.25) is 0 Å². The molecule has 0 bridgehead atoms. The Labute approximate surface area is 194 Å². The van der Waals surface area contributed by atoms with E-state index in [-0.39, 0.29) is 17.9 Å². The molecule has 1 saturated heterocycles. The zero-order valence-electron chi connectivity index (χ0n) is 19.2. The molecule has 1 atom stereocenters. The van der Waals surface area contributed by atoms with Gasteiger partial charge in [-0.15, -0.1) is 0 Å². The summed E-state index contributed by atoms with van der Waals surface area (Å²) in [5.74, 6) is -0.0772. The number of aryl methyl sites for hydroxylation is 1. The molecular weight excluding hydrogens is 420 g/mol. The Balaban J connectivity index is 1.39. The molecule has 2 aliphatic heterocycles. The van der Waals surface area contributed by atoms with Gasteiger partial charge in [0.2, 0.25) is 5.91 Å². The standard InChI is InChI=1S/C24H32N6O3/c1-28-20-8-10-30(16-19(20)21(27-28)23(31)26-18-6-2-3-7-18)24(32)22(17-5-4-9-25-15-17)29-11-13-33-14-12-29/h4-5,9,15,18,22H,2-3,6-8,10-14,16H2,1H3,(H,26,31). The molecule has 33 heavy (non-hydrogen) atoms. The van der Waals surface area contributed by atoms with Crippen molar-refractivity contribution in [2.75, 3.05) is 32.8 Å². The summed E-state index contributed by atoms with van der Waals surface area (Å²) in [6, 6.07) is 3.66. The Hall–Kier alpha value is -2.78. The molecule has 1 N–H and O–H groups in total. The van der Waals surface area contributed by atoms with E-state index in [2.05, 4.69) is 20.3 Å². The molecule has 1 aliphatic carbocycles. The highest BCUT2D eigenvalue weighted by atomic mass is 16.5. The maximum Gasteiger partial charge on any atom is 0.272 e. The Morgan fingerprint density at radius 1 is 1.18 bits per heavy atom. The fourth-order valence-corrected chi connectivity index (χ4v) is 5.34. The van der Waals surface area contributed by atoms with Crippen molar-refractivity contribution >= 4 is 11.8 Å². The normalized spacial score (nSPS) is 20.5. The van der Waals surface area contributed by atoms with Crippen molar-refractivity contribution in [1.82, 2.24) is 29.9 Å². The molecule has 0 aromatic carbocycles. The topological polar surface area (TPSA) is 92.6 Å². The summed E-state index contributed by atoms with van der Waals surface area (Å²) >= 11 is 0. The molecule has 2 aromatic heterocycles. The van der Waals surface area contributed by atoms with Crippen LogP contribution in [0.15, 0.2) is 24.5 Å². The first kappa shape index (κ1) is 22.0. The number of nitrogens with zero attached hydrogens (tertiary/aromatic N) is 5. The van der Waals surface area contributed by atoms with E-state index in [1.807, 2.05) is 24.1 Å². The third-order valence-electron chi connectivity index (χ3n) is 7.10. The van der Waals surface area contributed by atoms with Gasteiger partial charge >= 0.3 is 0 Å². The highest BCUT2D eigenvalue weighted by Gasteiger charge is 2.36. The average Bonchev–Trinajstić information content (AvgIpc) is 3.48. The first-order valence-electron chi connectivity index (χ1n) is 12.0. The average molecular weight is 453 g/mol. The van der Waals surface area contributed by atoms with Crippen LogP contribution in [0.4, 0.5) is 0 Å². The zero-order chi connectivity index (χ0) is 22.8. The molecule has 2 fully saturated rings. The second-order valence-corrected chi connectivity index (χ2v) is 9.20. The van der Waals surface area contributed by atoms with Crippen LogP contribution in [0.3, 0.4) is 0 Å². The third kappa shape index (κ3) is 4.52. The summed E-state index contributed by atoms with van der Waals surface area (Å²) in [5, 5.41) is 7.70. The van der Waals surface area contributed by atoms with Crippen LogP contribution >= 0.6 is 0 Å². The molecule has 1 unspecified atom stereocenters. The molecule has 4 heterocycles. The zero-order valence-corrected chi connectivity index (χ0v) is 19.2. The van der Waals surface area contributed by atoms with Crippen molar-refractivity contribution in [3.05, 3.63) is 47.0 Å². The number of amides is 2. The summed E-state index contributed by atoms with van der Waals surface area (Å²) in [6.45, 7) is 3.63. The van der Waals surface area contributed by atoms with E-state index in [0.29, 0.717) is 51.5 Å². The largest absolute Gasteiger partial charge is 0.379 e. The fraction of sp³-hybridized carbons (Fsp3) is 0.583. The van der Waals surface area contributed by atoms with Crippen LogP contribution in [0.5, 0.6) is 0 Å². The van der Waals surface area contributed by atoms with Crippen LogP contribution < -0.4 is 5.32 Å². The number of rotatable bonds is 5. The maximum atomic E-state index is 13.9. The number of fused-ring (bicyclic) bond motifs is 1. The Morgan fingerprint density at radius 2 is 1.97 bits per heavy atom. The summed E-state index contributed by atoms with van der Waals surface area (Å²) in [7, 11) is 1.88. The molecule has 2 aromatic rings. The lowest BCUT2D eigenvalue weighted by molar-refractivity contribution is -0.140.